The maximum Gasteiger partial charge on any atom is 0.414 e. The molecule has 3 fully saturated rings. The van der Waals surface area contributed by atoms with E-state index >= 15 is 0 Å². The molecule has 1 aromatic carbocycles. The van der Waals surface area contributed by atoms with Gasteiger partial charge in [-0.1, -0.05) is 0 Å². The predicted molar refractivity (Wildman–Crippen MR) is 101 cm³/mol. The van der Waals surface area contributed by atoms with Crippen molar-refractivity contribution in [1.82, 2.24) is 10.6 Å². The van der Waals surface area contributed by atoms with Crippen LogP contribution in [0.4, 0.5) is 25.0 Å². The summed E-state index contributed by atoms with van der Waals surface area (Å²) in [5.74, 6) is -2.14. The summed E-state index contributed by atoms with van der Waals surface area (Å²) in [6.07, 6.45) is -1.34. The lowest BCUT2D eigenvalue weighted by Gasteiger charge is -2.24. The van der Waals surface area contributed by atoms with Crippen LogP contribution in [0.3, 0.4) is 0 Å². The molecular weight excluding hydrogens is 402 g/mol. The molecule has 4 atom stereocenters. The summed E-state index contributed by atoms with van der Waals surface area (Å²) < 4.78 is 34.7. The van der Waals surface area contributed by atoms with Crippen molar-refractivity contribution in [3.8, 4) is 0 Å². The maximum absolute atomic E-state index is 14.8. The van der Waals surface area contributed by atoms with Crippen LogP contribution < -0.4 is 20.4 Å². The third-order valence-corrected chi connectivity index (χ3v) is 5.75. The Hall–Kier alpha value is -2.95. The van der Waals surface area contributed by atoms with E-state index < -0.39 is 36.3 Å². The predicted octanol–water partition coefficient (Wildman–Crippen LogP) is -0.0308. The van der Waals surface area contributed by atoms with E-state index in [1.165, 1.54) is 6.92 Å². The van der Waals surface area contributed by atoms with Crippen molar-refractivity contribution in [1.29, 1.82) is 0 Å². The largest absolute Gasteiger partial charge is 0.442 e. The highest BCUT2D eigenvalue weighted by atomic mass is 19.1. The molecule has 1 saturated carbocycles. The summed E-state index contributed by atoms with van der Waals surface area (Å²) in [6.45, 7) is 1.71. The van der Waals surface area contributed by atoms with Crippen LogP contribution in [0.15, 0.2) is 12.1 Å². The number of anilines is 2. The van der Waals surface area contributed by atoms with E-state index in [1.807, 2.05) is 0 Å². The van der Waals surface area contributed by atoms with Gasteiger partial charge in [-0.25, -0.2) is 13.6 Å². The molecule has 0 spiro atoms. The molecule has 1 aliphatic carbocycles. The zero-order valence-electron chi connectivity index (χ0n) is 16.2. The van der Waals surface area contributed by atoms with Crippen molar-refractivity contribution in [2.45, 2.75) is 19.1 Å². The van der Waals surface area contributed by atoms with E-state index in [0.29, 0.717) is 13.1 Å². The highest BCUT2D eigenvalue weighted by Crippen LogP contribution is 2.48. The Morgan fingerprint density at radius 3 is 2.40 bits per heavy atom. The molecule has 2 heterocycles. The lowest BCUT2D eigenvalue weighted by atomic mass is 10.2. The van der Waals surface area contributed by atoms with Crippen molar-refractivity contribution in [2.24, 2.45) is 11.8 Å². The number of fused-ring (bicyclic) bond motifs is 1. The number of carbonyl (C=O) groups is 3. The Morgan fingerprint density at radius 2 is 1.83 bits per heavy atom. The minimum absolute atomic E-state index is 0.0431. The van der Waals surface area contributed by atoms with E-state index in [2.05, 4.69) is 10.6 Å². The topological polar surface area (TPSA) is 111 Å². The first-order valence-corrected chi connectivity index (χ1v) is 9.65. The van der Waals surface area contributed by atoms with Crippen LogP contribution in [0, 0.1) is 23.5 Å². The van der Waals surface area contributed by atoms with Crippen LogP contribution in [0.1, 0.15) is 6.92 Å². The zero-order chi connectivity index (χ0) is 21.6. The second-order valence-electron chi connectivity index (χ2n) is 7.80. The van der Waals surface area contributed by atoms with E-state index in [-0.39, 0.29) is 48.2 Å². The van der Waals surface area contributed by atoms with Gasteiger partial charge in [0.1, 0.15) is 18.4 Å². The van der Waals surface area contributed by atoms with E-state index in [0.717, 1.165) is 17.0 Å². The number of hydrogen-bond acceptors (Lipinski definition) is 6. The third kappa shape index (κ3) is 3.76. The first-order chi connectivity index (χ1) is 14.3. The Bertz CT molecular complexity index is 863. The number of aliphatic hydroxyl groups is 1. The van der Waals surface area contributed by atoms with Gasteiger partial charge in [-0.05, 0) is 0 Å². The van der Waals surface area contributed by atoms with Crippen LogP contribution in [-0.4, -0.2) is 67.9 Å². The molecule has 2 aliphatic heterocycles. The van der Waals surface area contributed by atoms with Gasteiger partial charge in [0.15, 0.2) is 11.6 Å². The molecule has 9 nitrogen and oxygen atoms in total. The minimum atomic E-state index is -0.791. The number of rotatable bonds is 6. The van der Waals surface area contributed by atoms with Gasteiger partial charge in [0.2, 0.25) is 11.8 Å². The number of aliphatic hydroxyl groups excluding tert-OH is 1. The number of ether oxygens (including phenoxy) is 1. The molecule has 1 aromatic rings. The summed E-state index contributed by atoms with van der Waals surface area (Å²) in [7, 11) is 0. The highest BCUT2D eigenvalue weighted by molar-refractivity contribution is 5.90. The fourth-order valence-corrected chi connectivity index (χ4v) is 4.26. The second kappa shape index (κ2) is 7.71. The Labute approximate surface area is 171 Å². The minimum Gasteiger partial charge on any atom is -0.442 e. The molecule has 162 valence electrons. The lowest BCUT2D eigenvalue weighted by molar-refractivity contribution is -0.124. The van der Waals surface area contributed by atoms with Crippen molar-refractivity contribution >= 4 is 29.3 Å². The molecule has 3 amide bonds. The summed E-state index contributed by atoms with van der Waals surface area (Å²) >= 11 is 0. The molecule has 11 heteroatoms. The number of benzene rings is 1. The van der Waals surface area contributed by atoms with Gasteiger partial charge >= 0.3 is 6.09 Å². The second-order valence-corrected chi connectivity index (χ2v) is 7.80. The van der Waals surface area contributed by atoms with Crippen LogP contribution >= 0.6 is 0 Å². The third-order valence-electron chi connectivity index (χ3n) is 5.75. The summed E-state index contributed by atoms with van der Waals surface area (Å²) in [5.41, 5.74) is -0.123. The first-order valence-electron chi connectivity index (χ1n) is 9.65. The van der Waals surface area contributed by atoms with E-state index in [1.54, 1.807) is 4.90 Å². The van der Waals surface area contributed by atoms with Gasteiger partial charge in [0, 0.05) is 50.0 Å². The SMILES string of the molecule is CC(=O)NC[C@H]1CN(c2cc(F)c(N3C[C@@H]4C(NC(=O)CO)[C@@H]4C3)c(F)c2)C(=O)O1. The number of hydrogen-bond donors (Lipinski definition) is 3. The summed E-state index contributed by atoms with van der Waals surface area (Å²) in [6, 6.07) is 2.11. The number of piperidine rings is 1. The highest BCUT2D eigenvalue weighted by Gasteiger charge is 2.57. The molecule has 0 bridgehead atoms. The number of cyclic esters (lactones) is 1. The molecule has 0 aromatic heterocycles. The number of amides is 3. The smallest absolute Gasteiger partial charge is 0.414 e. The van der Waals surface area contributed by atoms with E-state index in [9.17, 15) is 23.2 Å². The molecule has 30 heavy (non-hydrogen) atoms. The fraction of sp³-hybridized carbons (Fsp3) is 0.526. The number of halogens is 2. The zero-order valence-corrected chi connectivity index (χ0v) is 16.2. The quantitative estimate of drug-likeness (QED) is 0.592. The van der Waals surface area contributed by atoms with Crippen LogP contribution in [0.5, 0.6) is 0 Å². The van der Waals surface area contributed by atoms with Crippen molar-refractivity contribution < 1.29 is 33.0 Å². The van der Waals surface area contributed by atoms with E-state index in [4.69, 9.17) is 9.84 Å². The molecule has 2 saturated heterocycles. The standard InChI is InChI=1S/C19H22F2N4O5/c1-9(27)22-4-11-5-25(19(29)30-11)10-2-14(20)18(15(21)3-10)24-6-12-13(7-24)17(12)23-16(28)8-26/h2-3,11-13,17,26H,4-8H2,1H3,(H,22,27)(H,23,28)/t11-,12-,13+,17?/m0/s1. The van der Waals surface area contributed by atoms with Gasteiger partial charge in [-0.3, -0.25) is 14.5 Å². The summed E-state index contributed by atoms with van der Waals surface area (Å²) in [4.78, 5) is 37.1. The van der Waals surface area contributed by atoms with Gasteiger partial charge in [0.25, 0.3) is 0 Å². The maximum atomic E-state index is 14.8. The Morgan fingerprint density at radius 1 is 1.20 bits per heavy atom. The first kappa shape index (κ1) is 20.3. The molecule has 4 rings (SSSR count). The van der Waals surface area contributed by atoms with Crippen LogP contribution in [0.25, 0.3) is 0 Å². The number of carbonyl (C=O) groups excluding carboxylic acids is 3. The van der Waals surface area contributed by atoms with Crippen molar-refractivity contribution in [3.63, 3.8) is 0 Å². The van der Waals surface area contributed by atoms with Gasteiger partial charge in [-0.2, -0.15) is 0 Å². The molecular formula is C19H22F2N4O5. The fourth-order valence-electron chi connectivity index (χ4n) is 4.26. The monoisotopic (exact) mass is 424 g/mol. The van der Waals surface area contributed by atoms with Crippen molar-refractivity contribution in [2.75, 3.05) is 42.6 Å². The molecule has 0 radical (unpaired) electrons. The van der Waals surface area contributed by atoms with Crippen molar-refractivity contribution in [3.05, 3.63) is 23.8 Å². The molecule has 3 N–H and O–H groups in total. The average Bonchev–Trinajstić information content (AvgIpc) is 3.03. The Balaban J connectivity index is 1.42. The normalized spacial score (nSPS) is 27.0. The Kier molecular flexibility index (Phi) is 5.22. The average molecular weight is 424 g/mol. The van der Waals surface area contributed by atoms with Gasteiger partial charge in [0.05, 0.1) is 18.8 Å². The summed E-state index contributed by atoms with van der Waals surface area (Å²) in [5, 5.41) is 14.0. The van der Waals surface area contributed by atoms with Gasteiger partial charge < -0.3 is 25.4 Å². The van der Waals surface area contributed by atoms with Crippen LogP contribution in [-0.2, 0) is 14.3 Å². The molecule has 1 unspecified atom stereocenters. The number of nitrogens with zero attached hydrogens (tertiary/aromatic N) is 2. The van der Waals surface area contributed by atoms with Crippen LogP contribution in [0.2, 0.25) is 0 Å². The number of nitrogens with one attached hydrogen (secondary N) is 2. The lowest BCUT2D eigenvalue weighted by Crippen LogP contribution is -2.36. The molecule has 3 aliphatic rings. The van der Waals surface area contributed by atoms with Gasteiger partial charge in [-0.15, -0.1) is 0 Å².